The second kappa shape index (κ2) is 8.42. The first-order valence-corrected chi connectivity index (χ1v) is 10.1. The Morgan fingerprint density at radius 3 is 2.67 bits per heavy atom. The van der Waals surface area contributed by atoms with Crippen LogP contribution in [0.25, 0.3) is 0 Å². The van der Waals surface area contributed by atoms with Crippen LogP contribution in [0.15, 0.2) is 12.1 Å². The molecule has 3 atom stereocenters. The van der Waals surface area contributed by atoms with E-state index in [0.29, 0.717) is 38.2 Å². The molecule has 0 bridgehead atoms. The summed E-state index contributed by atoms with van der Waals surface area (Å²) in [5.41, 5.74) is 0.0152. The zero-order valence-electron chi connectivity index (χ0n) is 16.4. The fourth-order valence-electron chi connectivity index (χ4n) is 4.07. The molecule has 2 aliphatic heterocycles. The molecule has 2 heterocycles. The van der Waals surface area contributed by atoms with Gasteiger partial charge in [-0.2, -0.15) is 0 Å². The minimum absolute atomic E-state index is 0.0300. The predicted molar refractivity (Wildman–Crippen MR) is 105 cm³/mol. The quantitative estimate of drug-likeness (QED) is 0.364. The van der Waals surface area contributed by atoms with Crippen molar-refractivity contribution in [3.05, 3.63) is 23.3 Å². The van der Waals surface area contributed by atoms with Crippen molar-refractivity contribution in [2.24, 2.45) is 0 Å². The van der Waals surface area contributed by atoms with Crippen LogP contribution in [-0.4, -0.2) is 89.1 Å². The van der Waals surface area contributed by atoms with E-state index in [1.165, 1.54) is 6.07 Å². The topological polar surface area (TPSA) is 149 Å². The highest BCUT2D eigenvalue weighted by molar-refractivity contribution is 6.44. The Balaban J connectivity index is 1.36. The maximum atomic E-state index is 12.3. The third kappa shape index (κ3) is 4.24. The Labute approximate surface area is 173 Å². The number of amides is 1. The van der Waals surface area contributed by atoms with Crippen LogP contribution in [0.2, 0.25) is 5.82 Å². The van der Waals surface area contributed by atoms with E-state index in [1.54, 1.807) is 11.0 Å². The minimum atomic E-state index is -1.51. The van der Waals surface area contributed by atoms with E-state index in [0.717, 1.165) is 6.54 Å². The highest BCUT2D eigenvalue weighted by atomic mass is 16.5. The Morgan fingerprint density at radius 2 is 2.07 bits per heavy atom. The summed E-state index contributed by atoms with van der Waals surface area (Å²) in [6, 6.07) is 3.03. The van der Waals surface area contributed by atoms with Crippen molar-refractivity contribution >= 4 is 19.0 Å². The number of aromatic carboxylic acids is 1. The number of carbonyl (C=O) groups excluding carboxylic acids is 1. The highest BCUT2D eigenvalue weighted by Crippen LogP contribution is 2.56. The molecule has 0 radical (unpaired) electrons. The lowest BCUT2D eigenvalue weighted by Gasteiger charge is -2.40. The number of phenols is 1. The molecule has 30 heavy (non-hydrogen) atoms. The molecule has 1 aromatic rings. The third-order valence-corrected chi connectivity index (χ3v) is 5.91. The second-order valence-corrected chi connectivity index (χ2v) is 8.04. The van der Waals surface area contributed by atoms with Gasteiger partial charge in [-0.15, -0.1) is 0 Å². The van der Waals surface area contributed by atoms with Crippen molar-refractivity contribution in [3.8, 4) is 11.5 Å². The van der Waals surface area contributed by atoms with E-state index >= 15 is 0 Å². The summed E-state index contributed by atoms with van der Waals surface area (Å²) in [5.74, 6) is -2.48. The van der Waals surface area contributed by atoms with Crippen LogP contribution < -0.4 is 10.1 Å². The summed E-state index contributed by atoms with van der Waals surface area (Å²) in [6.45, 7) is 2.68. The Morgan fingerprint density at radius 1 is 1.30 bits per heavy atom. The first-order chi connectivity index (χ1) is 14.3. The monoisotopic (exact) mass is 420 g/mol. The van der Waals surface area contributed by atoms with Gasteiger partial charge in [0.1, 0.15) is 23.2 Å². The summed E-state index contributed by atoms with van der Waals surface area (Å²) >= 11 is 0. The van der Waals surface area contributed by atoms with Gasteiger partial charge in [-0.3, -0.25) is 4.79 Å². The Hall–Kier alpha value is -2.34. The van der Waals surface area contributed by atoms with E-state index in [2.05, 4.69) is 5.32 Å². The molecule has 0 aromatic heterocycles. The van der Waals surface area contributed by atoms with E-state index in [9.17, 15) is 29.9 Å². The molecule has 2 saturated heterocycles. The molecule has 1 saturated carbocycles. The molecule has 11 heteroatoms. The molecule has 0 unspecified atom stereocenters. The zero-order chi connectivity index (χ0) is 21.4. The number of morpholine rings is 1. The molecule has 10 nitrogen and oxygen atoms in total. The van der Waals surface area contributed by atoms with Crippen molar-refractivity contribution in [3.63, 3.8) is 0 Å². The first-order valence-electron chi connectivity index (χ1n) is 10.1. The van der Waals surface area contributed by atoms with Crippen molar-refractivity contribution in [1.82, 2.24) is 10.2 Å². The van der Waals surface area contributed by atoms with Crippen molar-refractivity contribution in [2.45, 2.75) is 36.8 Å². The van der Waals surface area contributed by atoms with E-state index in [-0.39, 0.29) is 41.8 Å². The molecular formula is C19H25BN2O8. The van der Waals surface area contributed by atoms with Gasteiger partial charge in [-0.25, -0.2) is 4.79 Å². The zero-order valence-corrected chi connectivity index (χ0v) is 16.4. The number of nitrogens with one attached hydrogen (secondary N) is 1. The van der Waals surface area contributed by atoms with Crippen LogP contribution in [0, 0.1) is 0 Å². The van der Waals surface area contributed by atoms with Crippen LogP contribution in [0.5, 0.6) is 11.5 Å². The van der Waals surface area contributed by atoms with Crippen molar-refractivity contribution < 1.29 is 39.3 Å². The molecule has 1 aliphatic carbocycles. The fraction of sp³-hybridized carbons (Fsp3) is 0.579. The largest absolute Gasteiger partial charge is 0.507 e. The number of likely N-dealkylation sites (tertiary alicyclic amines) is 1. The second-order valence-electron chi connectivity index (χ2n) is 8.04. The van der Waals surface area contributed by atoms with Crippen molar-refractivity contribution in [1.29, 1.82) is 0 Å². The molecule has 1 amide bonds. The Bertz CT molecular complexity index is 823. The standard InChI is InChI=1S/C19H25BN2O8/c23-16(5-10-7-21-3-4-29-10)22-8-11(9-22)30-15-2-1-12(13-6-14(13)20(27)28)18(24)17(15)19(25)26/h1-2,10-11,13-14,21,24,27-28H,3-9H2,(H,25,26)/t10-,13-,14-/m0/s1. The van der Waals surface area contributed by atoms with E-state index in [1.807, 2.05) is 0 Å². The van der Waals surface area contributed by atoms with Crippen LogP contribution in [0.3, 0.4) is 0 Å². The third-order valence-electron chi connectivity index (χ3n) is 5.91. The highest BCUT2D eigenvalue weighted by Gasteiger charge is 2.48. The number of carbonyl (C=O) groups is 2. The summed E-state index contributed by atoms with van der Waals surface area (Å²) < 4.78 is 11.3. The molecule has 4 rings (SSSR count). The average molecular weight is 420 g/mol. The number of nitrogens with zero attached hydrogens (tertiary/aromatic N) is 1. The molecule has 1 aromatic carbocycles. The lowest BCUT2D eigenvalue weighted by Crippen LogP contribution is -2.57. The van der Waals surface area contributed by atoms with Crippen LogP contribution in [-0.2, 0) is 9.53 Å². The van der Waals surface area contributed by atoms with Gasteiger partial charge in [0.15, 0.2) is 0 Å². The minimum Gasteiger partial charge on any atom is -0.507 e. The number of ether oxygens (including phenoxy) is 2. The van der Waals surface area contributed by atoms with E-state index < -0.39 is 24.7 Å². The van der Waals surface area contributed by atoms with E-state index in [4.69, 9.17) is 9.47 Å². The van der Waals surface area contributed by atoms with Crippen LogP contribution in [0.1, 0.15) is 34.7 Å². The summed E-state index contributed by atoms with van der Waals surface area (Å²) in [4.78, 5) is 25.7. The van der Waals surface area contributed by atoms with Gasteiger partial charge >= 0.3 is 13.1 Å². The van der Waals surface area contributed by atoms with Gasteiger partial charge < -0.3 is 40.0 Å². The van der Waals surface area contributed by atoms with Crippen molar-refractivity contribution in [2.75, 3.05) is 32.8 Å². The van der Waals surface area contributed by atoms with Gasteiger partial charge in [-0.1, -0.05) is 6.07 Å². The molecule has 0 spiro atoms. The number of carboxylic acid groups (broad SMARTS) is 1. The van der Waals surface area contributed by atoms with Gasteiger partial charge in [0.2, 0.25) is 5.91 Å². The average Bonchev–Trinajstić information content (AvgIpc) is 3.45. The SMILES string of the molecule is O=C(O)c1c(OC2CN(C(=O)C[C@H]3CNCCO3)C2)ccc([C@@H]2C[C@@H]2B(O)O)c1O. The van der Waals surface area contributed by atoms with Gasteiger partial charge in [-0.05, 0) is 24.0 Å². The van der Waals surface area contributed by atoms with Crippen LogP contribution >= 0.6 is 0 Å². The smallest absolute Gasteiger partial charge is 0.455 e. The number of hydrogen-bond donors (Lipinski definition) is 5. The predicted octanol–water partition coefficient (Wildman–Crippen LogP) is -0.611. The summed E-state index contributed by atoms with van der Waals surface area (Å²) in [7, 11) is -1.51. The molecular weight excluding hydrogens is 395 g/mol. The first kappa shape index (κ1) is 20.9. The number of carboxylic acids is 1. The lowest BCUT2D eigenvalue weighted by molar-refractivity contribution is -0.143. The summed E-state index contributed by atoms with van der Waals surface area (Å²) in [5, 5.41) is 41.7. The molecule has 162 valence electrons. The Kier molecular flexibility index (Phi) is 5.87. The number of benzene rings is 1. The maximum Gasteiger partial charge on any atom is 0.455 e. The lowest BCUT2D eigenvalue weighted by atomic mass is 9.81. The number of hydrogen-bond acceptors (Lipinski definition) is 8. The summed E-state index contributed by atoms with van der Waals surface area (Å²) in [6.07, 6.45) is 0.243. The molecule has 5 N–H and O–H groups in total. The number of rotatable bonds is 7. The maximum absolute atomic E-state index is 12.3. The van der Waals surface area contributed by atoms with Crippen LogP contribution in [0.4, 0.5) is 0 Å². The van der Waals surface area contributed by atoms with Gasteiger partial charge in [0.05, 0.1) is 32.2 Å². The molecule has 3 aliphatic rings. The fourth-order valence-corrected chi connectivity index (χ4v) is 4.07. The normalized spacial score (nSPS) is 26.1. The number of aromatic hydroxyl groups is 1. The van der Waals surface area contributed by atoms with Gasteiger partial charge in [0.25, 0.3) is 0 Å². The van der Waals surface area contributed by atoms with Gasteiger partial charge in [0, 0.05) is 18.9 Å². The molecule has 3 fully saturated rings.